The van der Waals surface area contributed by atoms with Crippen LogP contribution in [0.4, 0.5) is 8.78 Å². The highest BCUT2D eigenvalue weighted by molar-refractivity contribution is 5.89. The fourth-order valence-electron chi connectivity index (χ4n) is 1.09. The summed E-state index contributed by atoms with van der Waals surface area (Å²) in [6.07, 6.45) is 0.531. The van der Waals surface area contributed by atoms with E-state index in [1.807, 2.05) is 0 Å². The molecule has 0 N–H and O–H groups in total. The number of carbonyl (C=O) groups excluding carboxylic acids is 1. The first-order valence-corrected chi connectivity index (χ1v) is 4.21. The summed E-state index contributed by atoms with van der Waals surface area (Å²) in [5, 5.41) is 0. The minimum Gasteiger partial charge on any atom is -0.465 e. The summed E-state index contributed by atoms with van der Waals surface area (Å²) in [4.78, 5) is 11.1. The summed E-state index contributed by atoms with van der Waals surface area (Å²) in [5.41, 5.74) is -0.183. The summed E-state index contributed by atoms with van der Waals surface area (Å²) in [5.74, 6) is -3.78. The number of halogens is 2. The maximum absolute atomic E-state index is 13.2. The second-order valence-electron chi connectivity index (χ2n) is 2.90. The van der Waals surface area contributed by atoms with E-state index in [0.29, 0.717) is 6.08 Å². The Labute approximate surface area is 86.2 Å². The number of ether oxygens (including phenoxy) is 1. The van der Waals surface area contributed by atoms with Crippen molar-refractivity contribution in [2.75, 3.05) is 7.11 Å². The monoisotopic (exact) mass is 212 g/mol. The maximum Gasteiger partial charge on any atom is 0.337 e. The van der Waals surface area contributed by atoms with Crippen LogP contribution in [0.3, 0.4) is 0 Å². The predicted octanol–water partition coefficient (Wildman–Crippen LogP) is 2.75. The summed E-state index contributed by atoms with van der Waals surface area (Å²) in [6.45, 7) is 3.04. The van der Waals surface area contributed by atoms with Crippen LogP contribution in [0.5, 0.6) is 0 Å². The van der Waals surface area contributed by atoms with Crippen molar-refractivity contribution in [3.8, 4) is 0 Å². The number of carbonyl (C=O) groups is 1. The first-order chi connectivity index (χ1) is 7.01. The topological polar surface area (TPSA) is 26.3 Å². The van der Waals surface area contributed by atoms with Gasteiger partial charge in [-0.05, 0) is 18.2 Å². The highest BCUT2D eigenvalue weighted by Gasteiger charge is 2.27. The Balaban J connectivity index is 3.13. The standard InChI is InChI=1S/C11H10F2O2/c1-3-11(12,13)9-6-4-5-8(7-9)10(14)15-2/h3-7H,1H2,2H3. The van der Waals surface area contributed by atoms with Gasteiger partial charge < -0.3 is 4.74 Å². The van der Waals surface area contributed by atoms with Gasteiger partial charge in [0.05, 0.1) is 12.7 Å². The van der Waals surface area contributed by atoms with Crippen molar-refractivity contribution in [1.82, 2.24) is 0 Å². The smallest absolute Gasteiger partial charge is 0.337 e. The van der Waals surface area contributed by atoms with E-state index < -0.39 is 11.9 Å². The molecule has 0 saturated carbocycles. The Bertz CT molecular complexity index is 386. The molecule has 80 valence electrons. The fourth-order valence-corrected chi connectivity index (χ4v) is 1.09. The third-order valence-corrected chi connectivity index (χ3v) is 1.92. The van der Waals surface area contributed by atoms with E-state index in [-0.39, 0.29) is 11.1 Å². The maximum atomic E-state index is 13.2. The van der Waals surface area contributed by atoms with Crippen LogP contribution in [-0.4, -0.2) is 13.1 Å². The molecule has 15 heavy (non-hydrogen) atoms. The highest BCUT2D eigenvalue weighted by Crippen LogP contribution is 2.29. The number of alkyl halides is 2. The van der Waals surface area contributed by atoms with E-state index in [4.69, 9.17) is 0 Å². The molecule has 0 aromatic heterocycles. The van der Waals surface area contributed by atoms with Gasteiger partial charge in [0, 0.05) is 5.56 Å². The van der Waals surface area contributed by atoms with Gasteiger partial charge in [-0.3, -0.25) is 0 Å². The second-order valence-corrected chi connectivity index (χ2v) is 2.90. The Morgan fingerprint density at radius 1 is 1.53 bits per heavy atom. The molecule has 0 aliphatic heterocycles. The number of hydrogen-bond donors (Lipinski definition) is 0. The van der Waals surface area contributed by atoms with Crippen LogP contribution >= 0.6 is 0 Å². The number of hydrogen-bond acceptors (Lipinski definition) is 2. The largest absolute Gasteiger partial charge is 0.465 e. The highest BCUT2D eigenvalue weighted by atomic mass is 19.3. The van der Waals surface area contributed by atoms with Crippen LogP contribution in [0.15, 0.2) is 36.9 Å². The molecule has 0 heterocycles. The number of benzene rings is 1. The van der Waals surface area contributed by atoms with Crippen LogP contribution in [0, 0.1) is 0 Å². The SMILES string of the molecule is C=CC(F)(F)c1cccc(C(=O)OC)c1. The first kappa shape index (κ1) is 11.4. The van der Waals surface area contributed by atoms with Crippen molar-refractivity contribution in [2.45, 2.75) is 5.92 Å². The van der Waals surface area contributed by atoms with Crippen LogP contribution in [0.25, 0.3) is 0 Å². The van der Waals surface area contributed by atoms with E-state index in [0.717, 1.165) is 6.07 Å². The number of rotatable bonds is 3. The fraction of sp³-hybridized carbons (Fsp3) is 0.182. The molecule has 0 bridgehead atoms. The van der Waals surface area contributed by atoms with Gasteiger partial charge in [-0.1, -0.05) is 18.7 Å². The van der Waals surface area contributed by atoms with Crippen molar-refractivity contribution in [1.29, 1.82) is 0 Å². The van der Waals surface area contributed by atoms with Crippen LogP contribution in [-0.2, 0) is 10.7 Å². The normalized spacial score (nSPS) is 10.9. The molecule has 0 aliphatic rings. The van der Waals surface area contributed by atoms with E-state index >= 15 is 0 Å². The molecule has 0 atom stereocenters. The summed E-state index contributed by atoms with van der Waals surface area (Å²) < 4.78 is 30.8. The Hall–Kier alpha value is -1.71. The minimum atomic E-state index is -3.13. The first-order valence-electron chi connectivity index (χ1n) is 4.21. The van der Waals surface area contributed by atoms with E-state index in [1.54, 1.807) is 0 Å². The van der Waals surface area contributed by atoms with Crippen molar-refractivity contribution in [2.24, 2.45) is 0 Å². The molecule has 0 saturated heterocycles. The Morgan fingerprint density at radius 3 is 2.73 bits per heavy atom. The zero-order chi connectivity index (χ0) is 11.5. The van der Waals surface area contributed by atoms with Crippen molar-refractivity contribution < 1.29 is 18.3 Å². The van der Waals surface area contributed by atoms with E-state index in [2.05, 4.69) is 11.3 Å². The molecule has 0 unspecified atom stereocenters. The molecule has 0 fully saturated rings. The minimum absolute atomic E-state index is 0.0940. The van der Waals surface area contributed by atoms with Crippen molar-refractivity contribution in [3.05, 3.63) is 48.0 Å². The van der Waals surface area contributed by atoms with Crippen molar-refractivity contribution in [3.63, 3.8) is 0 Å². The molecule has 0 amide bonds. The molecule has 0 spiro atoms. The van der Waals surface area contributed by atoms with Gasteiger partial charge in [0.2, 0.25) is 0 Å². The van der Waals surface area contributed by atoms with Gasteiger partial charge in [-0.25, -0.2) is 4.79 Å². The van der Waals surface area contributed by atoms with Gasteiger partial charge in [-0.2, -0.15) is 8.78 Å². The number of allylic oxidation sites excluding steroid dienone is 1. The lowest BCUT2D eigenvalue weighted by atomic mass is 10.1. The quantitative estimate of drug-likeness (QED) is 0.568. The van der Waals surface area contributed by atoms with Gasteiger partial charge in [0.15, 0.2) is 0 Å². The molecular weight excluding hydrogens is 202 g/mol. The van der Waals surface area contributed by atoms with Crippen molar-refractivity contribution >= 4 is 5.97 Å². The zero-order valence-electron chi connectivity index (χ0n) is 8.17. The molecule has 0 aliphatic carbocycles. The van der Waals surface area contributed by atoms with Crippen LogP contribution in [0.1, 0.15) is 15.9 Å². The third-order valence-electron chi connectivity index (χ3n) is 1.92. The third kappa shape index (κ3) is 2.40. The van der Waals surface area contributed by atoms with Crippen LogP contribution < -0.4 is 0 Å². The molecule has 1 aromatic rings. The molecule has 2 nitrogen and oxygen atoms in total. The summed E-state index contributed by atoms with van der Waals surface area (Å²) in [6, 6.07) is 5.11. The zero-order valence-corrected chi connectivity index (χ0v) is 8.17. The van der Waals surface area contributed by atoms with Crippen LogP contribution in [0.2, 0.25) is 0 Å². The molecule has 1 rings (SSSR count). The predicted molar refractivity (Wildman–Crippen MR) is 51.9 cm³/mol. The number of methoxy groups -OCH3 is 1. The van der Waals surface area contributed by atoms with Gasteiger partial charge in [0.25, 0.3) is 5.92 Å². The lowest BCUT2D eigenvalue weighted by molar-refractivity contribution is 0.0520. The van der Waals surface area contributed by atoms with E-state index in [9.17, 15) is 13.6 Å². The average molecular weight is 212 g/mol. The molecule has 4 heteroatoms. The van der Waals surface area contributed by atoms with Gasteiger partial charge >= 0.3 is 5.97 Å². The molecule has 1 aromatic carbocycles. The number of esters is 1. The average Bonchev–Trinajstić information content (AvgIpc) is 2.28. The summed E-state index contributed by atoms with van der Waals surface area (Å²) in [7, 11) is 1.20. The lowest BCUT2D eigenvalue weighted by Gasteiger charge is -2.12. The van der Waals surface area contributed by atoms with Gasteiger partial charge in [-0.15, -0.1) is 0 Å². The Morgan fingerprint density at radius 2 is 2.20 bits per heavy atom. The molecular formula is C11H10F2O2. The van der Waals surface area contributed by atoms with Gasteiger partial charge in [0.1, 0.15) is 0 Å². The Kier molecular flexibility index (Phi) is 3.19. The van der Waals surface area contributed by atoms with E-state index in [1.165, 1.54) is 25.3 Å². The molecule has 0 radical (unpaired) electrons. The summed E-state index contributed by atoms with van der Waals surface area (Å²) >= 11 is 0. The lowest BCUT2D eigenvalue weighted by Crippen LogP contribution is -2.10. The second kappa shape index (κ2) is 4.21.